The van der Waals surface area contributed by atoms with Crippen molar-refractivity contribution in [2.24, 2.45) is 0 Å². The standard InChI is InChI=1S/C14H31N3/c1-13(2)15-8-5-7-14(3)17-10-6-9-16(4)11-12-17/h13-15H,5-12H2,1-4H3. The van der Waals surface area contributed by atoms with Gasteiger partial charge in [0.05, 0.1) is 0 Å². The van der Waals surface area contributed by atoms with E-state index in [1.165, 1.54) is 45.4 Å². The highest BCUT2D eigenvalue weighted by atomic mass is 15.2. The minimum Gasteiger partial charge on any atom is -0.315 e. The van der Waals surface area contributed by atoms with Crippen LogP contribution in [0.15, 0.2) is 0 Å². The minimum absolute atomic E-state index is 0.622. The van der Waals surface area contributed by atoms with Gasteiger partial charge in [-0.1, -0.05) is 13.8 Å². The molecule has 1 N–H and O–H groups in total. The highest BCUT2D eigenvalue weighted by molar-refractivity contribution is 4.73. The summed E-state index contributed by atoms with van der Waals surface area (Å²) in [6, 6.07) is 1.37. The molecule has 1 saturated heterocycles. The average molecular weight is 241 g/mol. The molecular weight excluding hydrogens is 210 g/mol. The van der Waals surface area contributed by atoms with Crippen LogP contribution in [-0.4, -0.2) is 61.7 Å². The third-order valence-corrected chi connectivity index (χ3v) is 3.73. The second-order valence-corrected chi connectivity index (χ2v) is 5.79. The molecule has 1 unspecified atom stereocenters. The van der Waals surface area contributed by atoms with Crippen molar-refractivity contribution < 1.29 is 0 Å². The van der Waals surface area contributed by atoms with Gasteiger partial charge in [0.15, 0.2) is 0 Å². The van der Waals surface area contributed by atoms with Gasteiger partial charge in [-0.05, 0) is 52.9 Å². The number of likely N-dealkylation sites (N-methyl/N-ethyl adjacent to an activating group) is 1. The van der Waals surface area contributed by atoms with Crippen LogP contribution in [0.5, 0.6) is 0 Å². The van der Waals surface area contributed by atoms with Gasteiger partial charge in [-0.25, -0.2) is 0 Å². The van der Waals surface area contributed by atoms with Crippen LogP contribution in [0.3, 0.4) is 0 Å². The summed E-state index contributed by atoms with van der Waals surface area (Å²) in [5, 5.41) is 3.50. The Morgan fingerprint density at radius 2 is 1.82 bits per heavy atom. The predicted octanol–water partition coefficient (Wildman–Crippen LogP) is 1.79. The van der Waals surface area contributed by atoms with Crippen LogP contribution >= 0.6 is 0 Å². The zero-order chi connectivity index (χ0) is 12.7. The van der Waals surface area contributed by atoms with Crippen molar-refractivity contribution in [3.05, 3.63) is 0 Å². The van der Waals surface area contributed by atoms with Crippen LogP contribution in [0.4, 0.5) is 0 Å². The smallest absolute Gasteiger partial charge is 0.0112 e. The second-order valence-electron chi connectivity index (χ2n) is 5.79. The first-order valence-electron chi connectivity index (χ1n) is 7.25. The number of hydrogen-bond donors (Lipinski definition) is 1. The zero-order valence-corrected chi connectivity index (χ0v) is 12.2. The van der Waals surface area contributed by atoms with Crippen LogP contribution in [0, 0.1) is 0 Å². The highest BCUT2D eigenvalue weighted by Crippen LogP contribution is 2.10. The number of hydrogen-bond acceptors (Lipinski definition) is 3. The maximum atomic E-state index is 3.50. The number of nitrogens with one attached hydrogen (secondary N) is 1. The fourth-order valence-electron chi connectivity index (χ4n) is 2.48. The van der Waals surface area contributed by atoms with Gasteiger partial charge < -0.3 is 10.2 Å². The van der Waals surface area contributed by atoms with Gasteiger partial charge in [-0.15, -0.1) is 0 Å². The fraction of sp³-hybridized carbons (Fsp3) is 1.00. The third-order valence-electron chi connectivity index (χ3n) is 3.73. The molecule has 17 heavy (non-hydrogen) atoms. The summed E-state index contributed by atoms with van der Waals surface area (Å²) in [5.41, 5.74) is 0. The van der Waals surface area contributed by atoms with E-state index < -0.39 is 0 Å². The molecule has 3 nitrogen and oxygen atoms in total. The molecule has 1 aliphatic rings. The molecule has 102 valence electrons. The lowest BCUT2D eigenvalue weighted by Crippen LogP contribution is -2.36. The normalized spacial score (nSPS) is 21.7. The SMILES string of the molecule is CC(C)NCCCC(C)N1CCCN(C)CC1. The first kappa shape index (κ1) is 14.9. The van der Waals surface area contributed by atoms with Gasteiger partial charge in [-0.3, -0.25) is 4.90 Å². The maximum absolute atomic E-state index is 3.50. The van der Waals surface area contributed by atoms with E-state index >= 15 is 0 Å². The lowest BCUT2D eigenvalue weighted by Gasteiger charge is -2.27. The molecule has 1 fully saturated rings. The summed E-state index contributed by atoms with van der Waals surface area (Å²) in [4.78, 5) is 5.12. The lowest BCUT2D eigenvalue weighted by molar-refractivity contribution is 0.203. The first-order chi connectivity index (χ1) is 8.09. The van der Waals surface area contributed by atoms with E-state index in [1.807, 2.05) is 0 Å². The van der Waals surface area contributed by atoms with Crippen molar-refractivity contribution >= 4 is 0 Å². The van der Waals surface area contributed by atoms with Crippen molar-refractivity contribution in [1.82, 2.24) is 15.1 Å². The van der Waals surface area contributed by atoms with Crippen LogP contribution < -0.4 is 5.32 Å². The van der Waals surface area contributed by atoms with Crippen molar-refractivity contribution in [2.75, 3.05) is 39.8 Å². The molecule has 1 rings (SSSR count). The minimum atomic E-state index is 0.622. The van der Waals surface area contributed by atoms with Crippen molar-refractivity contribution in [3.63, 3.8) is 0 Å². The van der Waals surface area contributed by atoms with E-state index in [2.05, 4.69) is 42.9 Å². The quantitative estimate of drug-likeness (QED) is 0.715. The summed E-state index contributed by atoms with van der Waals surface area (Å²) in [6.45, 7) is 13.0. The van der Waals surface area contributed by atoms with Crippen LogP contribution in [0.1, 0.15) is 40.0 Å². The third kappa shape index (κ3) is 6.39. The molecule has 0 radical (unpaired) electrons. The Kier molecular flexibility index (Phi) is 7.09. The summed E-state index contributed by atoms with van der Waals surface area (Å²) in [7, 11) is 2.24. The van der Waals surface area contributed by atoms with Gasteiger partial charge >= 0.3 is 0 Å². The predicted molar refractivity (Wildman–Crippen MR) is 75.5 cm³/mol. The van der Waals surface area contributed by atoms with Crippen LogP contribution in [-0.2, 0) is 0 Å². The molecule has 0 saturated carbocycles. The molecule has 0 aromatic heterocycles. The van der Waals surface area contributed by atoms with E-state index in [1.54, 1.807) is 0 Å². The monoisotopic (exact) mass is 241 g/mol. The molecule has 0 aromatic rings. The van der Waals surface area contributed by atoms with E-state index in [-0.39, 0.29) is 0 Å². The molecule has 0 spiro atoms. The Balaban J connectivity index is 2.15. The van der Waals surface area contributed by atoms with E-state index in [9.17, 15) is 0 Å². The molecule has 1 heterocycles. The molecule has 0 amide bonds. The summed E-state index contributed by atoms with van der Waals surface area (Å²) in [5.74, 6) is 0. The summed E-state index contributed by atoms with van der Waals surface area (Å²) >= 11 is 0. The molecule has 1 aliphatic heterocycles. The van der Waals surface area contributed by atoms with Crippen molar-refractivity contribution in [1.29, 1.82) is 0 Å². The van der Waals surface area contributed by atoms with E-state index in [0.717, 1.165) is 12.6 Å². The summed E-state index contributed by atoms with van der Waals surface area (Å²) < 4.78 is 0. The Hall–Kier alpha value is -0.120. The zero-order valence-electron chi connectivity index (χ0n) is 12.2. The van der Waals surface area contributed by atoms with Crippen molar-refractivity contribution in [3.8, 4) is 0 Å². The molecule has 1 atom stereocenters. The largest absolute Gasteiger partial charge is 0.315 e. The first-order valence-corrected chi connectivity index (χ1v) is 7.25. The van der Waals surface area contributed by atoms with Crippen molar-refractivity contribution in [2.45, 2.75) is 52.1 Å². The Labute approximate surface area is 108 Å². The van der Waals surface area contributed by atoms with E-state index in [4.69, 9.17) is 0 Å². The van der Waals surface area contributed by atoms with Gasteiger partial charge in [0.2, 0.25) is 0 Å². The fourth-order valence-corrected chi connectivity index (χ4v) is 2.48. The van der Waals surface area contributed by atoms with E-state index in [0.29, 0.717) is 6.04 Å². The summed E-state index contributed by atoms with van der Waals surface area (Å²) in [6.07, 6.45) is 3.94. The maximum Gasteiger partial charge on any atom is 0.0112 e. The van der Waals surface area contributed by atoms with Gasteiger partial charge in [-0.2, -0.15) is 0 Å². The van der Waals surface area contributed by atoms with Crippen LogP contribution in [0.25, 0.3) is 0 Å². The average Bonchev–Trinajstić information content (AvgIpc) is 2.49. The Morgan fingerprint density at radius 3 is 2.53 bits per heavy atom. The molecule has 3 heteroatoms. The Bertz CT molecular complexity index is 194. The molecule has 0 aromatic carbocycles. The second kappa shape index (κ2) is 8.06. The van der Waals surface area contributed by atoms with Gasteiger partial charge in [0.25, 0.3) is 0 Å². The molecular formula is C14H31N3. The number of rotatable bonds is 6. The van der Waals surface area contributed by atoms with Gasteiger partial charge in [0, 0.05) is 25.2 Å². The van der Waals surface area contributed by atoms with Gasteiger partial charge in [0.1, 0.15) is 0 Å². The number of nitrogens with zero attached hydrogens (tertiary/aromatic N) is 2. The molecule has 0 bridgehead atoms. The molecule has 0 aliphatic carbocycles. The van der Waals surface area contributed by atoms with Crippen LogP contribution in [0.2, 0.25) is 0 Å². The topological polar surface area (TPSA) is 18.5 Å². The Morgan fingerprint density at radius 1 is 1.06 bits per heavy atom. The lowest BCUT2D eigenvalue weighted by atomic mass is 10.1. The highest BCUT2D eigenvalue weighted by Gasteiger charge is 2.16.